The van der Waals surface area contributed by atoms with Crippen molar-refractivity contribution in [1.29, 1.82) is 0 Å². The zero-order chi connectivity index (χ0) is 24.2. The maximum absolute atomic E-state index is 13.6. The van der Waals surface area contributed by atoms with Crippen molar-refractivity contribution in [2.24, 2.45) is 5.92 Å². The van der Waals surface area contributed by atoms with Gasteiger partial charge in [0, 0.05) is 35.0 Å². The van der Waals surface area contributed by atoms with Crippen molar-refractivity contribution in [2.75, 3.05) is 30.6 Å². The molecule has 9 heteroatoms. The molecule has 0 unspecified atom stereocenters. The van der Waals surface area contributed by atoms with Crippen LogP contribution in [0.1, 0.15) is 34.7 Å². The van der Waals surface area contributed by atoms with Crippen LogP contribution in [0.15, 0.2) is 64.2 Å². The topological polar surface area (TPSA) is 58.6 Å². The van der Waals surface area contributed by atoms with Gasteiger partial charge in [0.05, 0.1) is 24.3 Å². The van der Waals surface area contributed by atoms with E-state index in [0.29, 0.717) is 17.7 Å². The minimum absolute atomic E-state index is 0. The summed E-state index contributed by atoms with van der Waals surface area (Å²) < 4.78 is 18.7. The van der Waals surface area contributed by atoms with Crippen LogP contribution in [0.3, 0.4) is 0 Å². The molecule has 1 heterocycles. The number of hydrogen-bond donors (Lipinski definition) is 1. The molecule has 4 rings (SSSR count). The maximum atomic E-state index is 13.6. The van der Waals surface area contributed by atoms with Crippen molar-refractivity contribution >= 4 is 58.8 Å². The van der Waals surface area contributed by atoms with E-state index in [2.05, 4.69) is 10.2 Å². The lowest BCUT2D eigenvalue weighted by Crippen LogP contribution is -2.37. The number of carbonyl (C=O) groups is 2. The summed E-state index contributed by atoms with van der Waals surface area (Å²) in [5, 5.41) is 6.67. The number of benzene rings is 2. The van der Waals surface area contributed by atoms with E-state index in [9.17, 15) is 14.0 Å². The molecule has 0 spiro atoms. The van der Waals surface area contributed by atoms with Crippen molar-refractivity contribution in [3.05, 3.63) is 76.2 Å². The lowest BCUT2D eigenvalue weighted by Gasteiger charge is -2.34. The highest BCUT2D eigenvalue weighted by Crippen LogP contribution is 2.45. The molecule has 2 aromatic carbocycles. The van der Waals surface area contributed by atoms with Crippen molar-refractivity contribution in [1.82, 2.24) is 0 Å². The van der Waals surface area contributed by atoms with Crippen LogP contribution >= 0.6 is 35.5 Å². The molecule has 1 fully saturated rings. The highest BCUT2D eigenvalue weighted by Gasteiger charge is 2.44. The number of amides is 1. The van der Waals surface area contributed by atoms with Crippen LogP contribution in [0, 0.1) is 11.7 Å². The average Bonchev–Trinajstić information content (AvgIpc) is 3.54. The Hall–Kier alpha value is -2.55. The zero-order valence-corrected chi connectivity index (χ0v) is 22.1. The molecule has 1 aromatic heterocycles. The first-order valence-electron chi connectivity index (χ1n) is 11.0. The monoisotopic (exact) mass is 534 g/mol. The Morgan fingerprint density at radius 2 is 1.89 bits per heavy atom. The molecule has 0 bridgehead atoms. The van der Waals surface area contributed by atoms with Crippen LogP contribution in [0.25, 0.3) is 0 Å². The Morgan fingerprint density at radius 1 is 1.14 bits per heavy atom. The quantitative estimate of drug-likeness (QED) is 0.278. The van der Waals surface area contributed by atoms with Crippen molar-refractivity contribution in [3.63, 3.8) is 0 Å². The molecule has 3 aromatic rings. The summed E-state index contributed by atoms with van der Waals surface area (Å²) in [5.41, 5.74) is 3.22. The fourth-order valence-electron chi connectivity index (χ4n) is 4.79. The number of ether oxygens (including phenoxy) is 1. The molecule has 0 saturated heterocycles. The van der Waals surface area contributed by atoms with Crippen molar-refractivity contribution < 1.29 is 18.7 Å². The minimum Gasteiger partial charge on any atom is -0.469 e. The van der Waals surface area contributed by atoms with Gasteiger partial charge in [0.15, 0.2) is 0 Å². The third-order valence-electron chi connectivity index (χ3n) is 6.48. The number of esters is 1. The summed E-state index contributed by atoms with van der Waals surface area (Å²) in [7, 11) is 3.42. The Balaban J connectivity index is 0.00000342. The van der Waals surface area contributed by atoms with E-state index in [1.54, 1.807) is 30.0 Å². The van der Waals surface area contributed by atoms with Gasteiger partial charge in [0.2, 0.25) is 0 Å². The number of nitrogens with zero attached hydrogens (tertiary/aromatic N) is 1. The summed E-state index contributed by atoms with van der Waals surface area (Å²) in [6.45, 7) is 0. The second-order valence-electron chi connectivity index (χ2n) is 8.32. The molecular weight excluding hydrogens is 507 g/mol. The van der Waals surface area contributed by atoms with Crippen molar-refractivity contribution in [2.45, 2.75) is 29.7 Å². The average molecular weight is 535 g/mol. The molecule has 1 amide bonds. The van der Waals surface area contributed by atoms with E-state index < -0.39 is 0 Å². The predicted molar refractivity (Wildman–Crippen MR) is 144 cm³/mol. The lowest BCUT2D eigenvalue weighted by molar-refractivity contribution is -0.145. The Kier molecular flexibility index (Phi) is 9.21. The Labute approximate surface area is 219 Å². The first-order valence-corrected chi connectivity index (χ1v) is 13.2. The first-order chi connectivity index (χ1) is 16.4. The number of thioether (sulfide) groups is 1. The smallest absolute Gasteiger partial charge is 0.309 e. The second kappa shape index (κ2) is 11.9. The van der Waals surface area contributed by atoms with E-state index in [0.717, 1.165) is 22.6 Å². The molecule has 1 N–H and O–H groups in total. The summed E-state index contributed by atoms with van der Waals surface area (Å²) in [4.78, 5) is 28.4. The van der Waals surface area contributed by atoms with Crippen molar-refractivity contribution in [3.8, 4) is 0 Å². The van der Waals surface area contributed by atoms with Crippen LogP contribution in [0.5, 0.6) is 0 Å². The van der Waals surface area contributed by atoms with Crippen LogP contribution in [0.4, 0.5) is 15.8 Å². The number of carbonyl (C=O) groups excluding carboxylic acids is 2. The Morgan fingerprint density at radius 3 is 2.51 bits per heavy atom. The van der Waals surface area contributed by atoms with E-state index >= 15 is 0 Å². The molecule has 0 aliphatic heterocycles. The van der Waals surface area contributed by atoms with Gasteiger partial charge in [-0.2, -0.15) is 11.3 Å². The number of thiophene rings is 1. The Bertz CT molecular complexity index is 1160. The molecule has 5 nitrogen and oxygen atoms in total. The minimum atomic E-state index is -0.306. The van der Waals surface area contributed by atoms with Gasteiger partial charge < -0.3 is 15.0 Å². The highest BCUT2D eigenvalue weighted by atomic mass is 35.5. The molecule has 186 valence electrons. The van der Waals surface area contributed by atoms with Gasteiger partial charge in [0.1, 0.15) is 5.82 Å². The summed E-state index contributed by atoms with van der Waals surface area (Å²) in [6, 6.07) is 14.1. The third kappa shape index (κ3) is 5.82. The van der Waals surface area contributed by atoms with Crippen LogP contribution in [-0.2, 0) is 9.53 Å². The number of methoxy groups -OCH3 is 1. The maximum Gasteiger partial charge on any atom is 0.309 e. The molecule has 3 atom stereocenters. The van der Waals surface area contributed by atoms with E-state index in [1.165, 1.54) is 30.6 Å². The highest BCUT2D eigenvalue weighted by molar-refractivity contribution is 7.98. The summed E-state index contributed by atoms with van der Waals surface area (Å²) >= 11 is 3.10. The first kappa shape index (κ1) is 27.0. The SMILES string of the molecule is COC(=O)[C@H]1CC[C@H](N(C)c2cc(NC(=O)c3ccsc3)ccc2SC)[C@@H]1c1ccc(F)cc1.Cl. The molecule has 1 aliphatic rings. The zero-order valence-electron chi connectivity index (χ0n) is 19.7. The van der Waals surface area contributed by atoms with Gasteiger partial charge in [-0.15, -0.1) is 24.2 Å². The number of nitrogens with one attached hydrogen (secondary N) is 1. The van der Waals surface area contributed by atoms with Gasteiger partial charge >= 0.3 is 5.97 Å². The molecular formula is C26H28ClFN2O3S2. The summed E-state index contributed by atoms with van der Waals surface area (Å²) in [5.74, 6) is -1.14. The molecule has 35 heavy (non-hydrogen) atoms. The van der Waals surface area contributed by atoms with E-state index in [1.807, 2.05) is 42.3 Å². The van der Waals surface area contributed by atoms with Crippen LogP contribution < -0.4 is 10.2 Å². The number of hydrogen-bond acceptors (Lipinski definition) is 6. The normalized spacial score (nSPS) is 19.0. The van der Waals surface area contributed by atoms with Gasteiger partial charge in [0.25, 0.3) is 5.91 Å². The molecule has 1 aliphatic carbocycles. The summed E-state index contributed by atoms with van der Waals surface area (Å²) in [6.07, 6.45) is 3.49. The van der Waals surface area contributed by atoms with Gasteiger partial charge in [-0.25, -0.2) is 4.39 Å². The predicted octanol–water partition coefficient (Wildman–Crippen LogP) is 6.45. The largest absolute Gasteiger partial charge is 0.469 e. The van der Waals surface area contributed by atoms with Gasteiger partial charge in [-0.05, 0) is 66.4 Å². The molecule has 1 saturated carbocycles. The fourth-order valence-corrected chi connectivity index (χ4v) is 6.04. The number of likely N-dealkylation sites (N-methyl/N-ethyl adjacent to an activating group) is 1. The molecule has 0 radical (unpaired) electrons. The van der Waals surface area contributed by atoms with Gasteiger partial charge in [-0.3, -0.25) is 9.59 Å². The standard InChI is InChI=1S/C26H27FN2O3S2.ClH/c1-29(21-10-9-20(26(31)32-2)24(21)16-4-6-18(27)7-5-16)22-14-19(8-11-23(22)33-3)28-25(30)17-12-13-34-15-17;/h4-8,11-15,20-21,24H,9-10H2,1-3H3,(H,28,30);1H/t20-,21-,24+;/m0./s1. The van der Waals surface area contributed by atoms with E-state index in [-0.39, 0.29) is 48.0 Å². The van der Waals surface area contributed by atoms with Crippen LogP contribution in [0.2, 0.25) is 0 Å². The lowest BCUT2D eigenvalue weighted by atomic mass is 9.86. The van der Waals surface area contributed by atoms with Crippen LogP contribution in [-0.4, -0.2) is 38.3 Å². The number of halogens is 2. The van der Waals surface area contributed by atoms with E-state index in [4.69, 9.17) is 4.74 Å². The number of anilines is 2. The third-order valence-corrected chi connectivity index (χ3v) is 7.95. The van der Waals surface area contributed by atoms with Gasteiger partial charge in [-0.1, -0.05) is 12.1 Å². The second-order valence-corrected chi connectivity index (χ2v) is 9.94. The fraction of sp³-hybridized carbons (Fsp3) is 0.308. The number of rotatable bonds is 7.